The summed E-state index contributed by atoms with van der Waals surface area (Å²) in [7, 11) is 0. The maximum Gasteiger partial charge on any atom is 0.268 e. The summed E-state index contributed by atoms with van der Waals surface area (Å²) in [5.41, 5.74) is 0.369. The van der Waals surface area contributed by atoms with Crippen molar-refractivity contribution >= 4 is 5.91 Å². The summed E-state index contributed by atoms with van der Waals surface area (Å²) in [6.07, 6.45) is 1.34. The highest BCUT2D eigenvalue weighted by atomic mass is 19.3. The van der Waals surface area contributed by atoms with Crippen LogP contribution in [0.4, 0.5) is 8.78 Å². The molecule has 0 aromatic carbocycles. The number of nitrogens with one attached hydrogen (secondary N) is 2. The summed E-state index contributed by atoms with van der Waals surface area (Å²) in [6, 6.07) is 1.86. The van der Waals surface area contributed by atoms with Gasteiger partial charge in [-0.25, -0.2) is 8.78 Å². The second kappa shape index (κ2) is 4.31. The largest absolute Gasteiger partial charge is 0.356 e. The zero-order valence-electron chi connectivity index (χ0n) is 8.84. The van der Waals surface area contributed by atoms with Gasteiger partial charge in [-0.2, -0.15) is 5.26 Å². The number of carbonyl (C=O) groups excluding carboxylic acids is 1. The topological polar surface area (TPSA) is 68.7 Å². The highest BCUT2D eigenvalue weighted by Gasteiger charge is 2.31. The lowest BCUT2D eigenvalue weighted by Crippen LogP contribution is -2.43. The van der Waals surface area contributed by atoms with Crippen LogP contribution in [0, 0.1) is 11.3 Å². The molecule has 1 amide bonds. The number of hydrogen-bond donors (Lipinski definition) is 2. The number of hydrogen-bond acceptors (Lipinski definition) is 2. The molecule has 0 fully saturated rings. The number of amides is 1. The summed E-state index contributed by atoms with van der Waals surface area (Å²) in [6.45, 7) is 1.94. The number of aromatic amines is 1. The van der Waals surface area contributed by atoms with Crippen LogP contribution in [0.25, 0.3) is 0 Å². The molecule has 1 aromatic rings. The molecule has 0 aliphatic carbocycles. The van der Waals surface area contributed by atoms with Crippen molar-refractivity contribution in [2.75, 3.05) is 0 Å². The van der Waals surface area contributed by atoms with E-state index >= 15 is 0 Å². The van der Waals surface area contributed by atoms with Crippen molar-refractivity contribution in [3.8, 4) is 6.07 Å². The number of aromatic nitrogens is 1. The van der Waals surface area contributed by atoms with Gasteiger partial charge < -0.3 is 10.3 Å². The van der Waals surface area contributed by atoms with Crippen molar-refractivity contribution in [2.45, 2.75) is 25.8 Å². The standard InChI is InChI=1S/C10H11F2N3O/c1-6(10(2,11)12)15-9(16)8-3-7(4-13)5-14-8/h3,5-6,14H,1-2H3,(H,15,16)/t6-/m0/s1. The third kappa shape index (κ3) is 2.79. The van der Waals surface area contributed by atoms with Crippen molar-refractivity contribution in [1.29, 1.82) is 5.26 Å². The first-order valence-electron chi connectivity index (χ1n) is 4.62. The molecule has 16 heavy (non-hydrogen) atoms. The van der Waals surface area contributed by atoms with Crippen LogP contribution in [-0.2, 0) is 0 Å². The second-order valence-electron chi connectivity index (χ2n) is 3.57. The Labute approximate surface area is 91.3 Å². The highest BCUT2D eigenvalue weighted by Crippen LogP contribution is 2.17. The lowest BCUT2D eigenvalue weighted by atomic mass is 10.2. The molecule has 1 heterocycles. The van der Waals surface area contributed by atoms with Crippen LogP contribution >= 0.6 is 0 Å². The Bertz CT molecular complexity index is 428. The molecule has 0 radical (unpaired) electrons. The van der Waals surface area contributed by atoms with Gasteiger partial charge in [0.2, 0.25) is 0 Å². The minimum Gasteiger partial charge on any atom is -0.356 e. The fraction of sp³-hybridized carbons (Fsp3) is 0.400. The number of nitrogens with zero attached hydrogens (tertiary/aromatic N) is 1. The third-order valence-electron chi connectivity index (χ3n) is 2.16. The van der Waals surface area contributed by atoms with E-state index in [2.05, 4.69) is 10.3 Å². The average molecular weight is 227 g/mol. The predicted octanol–water partition coefficient (Wildman–Crippen LogP) is 1.66. The van der Waals surface area contributed by atoms with E-state index in [1.165, 1.54) is 19.2 Å². The number of halogens is 2. The van der Waals surface area contributed by atoms with Gasteiger partial charge >= 0.3 is 0 Å². The van der Waals surface area contributed by atoms with Gasteiger partial charge in [-0.05, 0) is 13.0 Å². The Kier molecular flexibility index (Phi) is 3.28. The summed E-state index contributed by atoms with van der Waals surface area (Å²) in [5, 5.41) is 10.7. The van der Waals surface area contributed by atoms with Gasteiger partial charge in [-0.1, -0.05) is 0 Å². The van der Waals surface area contributed by atoms with E-state index in [1.54, 1.807) is 0 Å². The Balaban J connectivity index is 2.70. The zero-order valence-corrected chi connectivity index (χ0v) is 8.84. The molecule has 0 saturated carbocycles. The average Bonchev–Trinajstić information content (AvgIpc) is 2.64. The van der Waals surface area contributed by atoms with E-state index in [-0.39, 0.29) is 11.3 Å². The first kappa shape index (κ1) is 12.2. The van der Waals surface area contributed by atoms with E-state index in [4.69, 9.17) is 5.26 Å². The molecule has 4 nitrogen and oxygen atoms in total. The molecule has 0 spiro atoms. The summed E-state index contributed by atoms with van der Waals surface area (Å²) < 4.78 is 25.6. The zero-order chi connectivity index (χ0) is 12.3. The molecule has 0 unspecified atom stereocenters. The van der Waals surface area contributed by atoms with E-state index in [1.807, 2.05) is 6.07 Å². The minimum absolute atomic E-state index is 0.0904. The van der Waals surface area contributed by atoms with Gasteiger partial charge in [0, 0.05) is 13.1 Å². The number of alkyl halides is 2. The van der Waals surface area contributed by atoms with E-state index < -0.39 is 17.9 Å². The maximum atomic E-state index is 12.8. The van der Waals surface area contributed by atoms with Crippen molar-refractivity contribution < 1.29 is 13.6 Å². The summed E-state index contributed by atoms with van der Waals surface area (Å²) in [4.78, 5) is 14.0. The molecule has 0 aliphatic rings. The number of nitriles is 1. The smallest absolute Gasteiger partial charge is 0.268 e. The lowest BCUT2D eigenvalue weighted by molar-refractivity contribution is -0.0108. The van der Waals surface area contributed by atoms with Crippen LogP contribution in [0.5, 0.6) is 0 Å². The normalized spacial score (nSPS) is 12.9. The second-order valence-corrected chi connectivity index (χ2v) is 3.57. The molecule has 86 valence electrons. The number of rotatable bonds is 3. The van der Waals surface area contributed by atoms with Gasteiger partial charge in [-0.3, -0.25) is 4.79 Å². The molecule has 6 heteroatoms. The Hall–Kier alpha value is -1.90. The van der Waals surface area contributed by atoms with Gasteiger partial charge in [-0.15, -0.1) is 0 Å². The predicted molar refractivity (Wildman–Crippen MR) is 53.1 cm³/mol. The van der Waals surface area contributed by atoms with Crippen LogP contribution in [0.15, 0.2) is 12.3 Å². The monoisotopic (exact) mass is 227 g/mol. The third-order valence-corrected chi connectivity index (χ3v) is 2.16. The molecule has 1 rings (SSSR count). The van der Waals surface area contributed by atoms with Crippen molar-refractivity contribution in [2.24, 2.45) is 0 Å². The Morgan fingerprint density at radius 3 is 2.75 bits per heavy atom. The fourth-order valence-electron chi connectivity index (χ4n) is 0.991. The SMILES string of the molecule is C[C@H](NC(=O)c1cc(C#N)c[nH]1)C(C)(F)F. The van der Waals surface area contributed by atoms with Gasteiger partial charge in [0.25, 0.3) is 11.8 Å². The molecule has 0 bridgehead atoms. The fourth-order valence-corrected chi connectivity index (χ4v) is 0.991. The quantitative estimate of drug-likeness (QED) is 0.824. The highest BCUT2D eigenvalue weighted by molar-refractivity contribution is 5.93. The molecule has 1 atom stereocenters. The molecule has 0 aliphatic heterocycles. The number of carbonyl (C=O) groups is 1. The van der Waals surface area contributed by atoms with Crippen LogP contribution in [0.3, 0.4) is 0 Å². The molecular formula is C10H11F2N3O. The Morgan fingerprint density at radius 1 is 1.69 bits per heavy atom. The van der Waals surface area contributed by atoms with Gasteiger partial charge in [0.15, 0.2) is 0 Å². The van der Waals surface area contributed by atoms with E-state index in [0.717, 1.165) is 6.92 Å². The van der Waals surface area contributed by atoms with Crippen molar-refractivity contribution in [1.82, 2.24) is 10.3 Å². The molecule has 1 aromatic heterocycles. The van der Waals surface area contributed by atoms with Crippen LogP contribution < -0.4 is 5.32 Å². The summed E-state index contributed by atoms with van der Waals surface area (Å²) >= 11 is 0. The number of H-pyrrole nitrogens is 1. The van der Waals surface area contributed by atoms with Crippen LogP contribution in [0.2, 0.25) is 0 Å². The van der Waals surface area contributed by atoms with Crippen molar-refractivity contribution in [3.63, 3.8) is 0 Å². The van der Waals surface area contributed by atoms with Gasteiger partial charge in [0.05, 0.1) is 11.6 Å². The first-order chi connectivity index (χ1) is 7.34. The van der Waals surface area contributed by atoms with Crippen LogP contribution in [-0.4, -0.2) is 22.9 Å². The molecule has 0 saturated heterocycles. The van der Waals surface area contributed by atoms with Crippen LogP contribution in [0.1, 0.15) is 29.9 Å². The first-order valence-corrected chi connectivity index (χ1v) is 4.62. The van der Waals surface area contributed by atoms with Gasteiger partial charge in [0.1, 0.15) is 11.8 Å². The van der Waals surface area contributed by atoms with E-state index in [9.17, 15) is 13.6 Å². The molecular weight excluding hydrogens is 216 g/mol. The van der Waals surface area contributed by atoms with E-state index in [0.29, 0.717) is 0 Å². The lowest BCUT2D eigenvalue weighted by Gasteiger charge is -2.20. The van der Waals surface area contributed by atoms with Crippen molar-refractivity contribution in [3.05, 3.63) is 23.5 Å². The minimum atomic E-state index is -2.99. The molecule has 2 N–H and O–H groups in total. The summed E-state index contributed by atoms with van der Waals surface area (Å²) in [5.74, 6) is -3.64. The maximum absolute atomic E-state index is 12.8. The Morgan fingerprint density at radius 2 is 2.31 bits per heavy atom.